The Bertz CT molecular complexity index is 418. The number of ether oxygens (including phenoxy) is 2. The summed E-state index contributed by atoms with van der Waals surface area (Å²) in [6.07, 6.45) is 2.03. The second kappa shape index (κ2) is 8.57. The number of methoxy groups -OCH3 is 1. The van der Waals surface area contributed by atoms with Crippen molar-refractivity contribution in [3.8, 4) is 17.6 Å². The molecule has 1 rings (SSSR count). The molecular formula is C15H21NO2. The van der Waals surface area contributed by atoms with E-state index in [2.05, 4.69) is 11.8 Å². The Morgan fingerprint density at radius 2 is 2.00 bits per heavy atom. The number of aryl methyl sites for hydroxylation is 1. The zero-order valence-corrected chi connectivity index (χ0v) is 11.2. The van der Waals surface area contributed by atoms with Crippen LogP contribution in [0.15, 0.2) is 18.2 Å². The summed E-state index contributed by atoms with van der Waals surface area (Å²) >= 11 is 0. The fourth-order valence-corrected chi connectivity index (χ4v) is 1.57. The minimum atomic E-state index is 0.386. The van der Waals surface area contributed by atoms with E-state index in [4.69, 9.17) is 15.2 Å². The molecule has 1 aromatic carbocycles. The fourth-order valence-electron chi connectivity index (χ4n) is 1.57. The third kappa shape index (κ3) is 5.22. The van der Waals surface area contributed by atoms with E-state index in [1.807, 2.05) is 25.1 Å². The monoisotopic (exact) mass is 247 g/mol. The zero-order chi connectivity index (χ0) is 13.2. The van der Waals surface area contributed by atoms with Gasteiger partial charge in [0, 0.05) is 19.3 Å². The molecule has 0 radical (unpaired) electrons. The van der Waals surface area contributed by atoms with Gasteiger partial charge < -0.3 is 15.2 Å². The van der Waals surface area contributed by atoms with Gasteiger partial charge in [-0.2, -0.15) is 0 Å². The molecule has 0 fully saturated rings. The molecule has 0 aliphatic rings. The van der Waals surface area contributed by atoms with Crippen LogP contribution in [0.3, 0.4) is 0 Å². The number of hydrogen-bond donors (Lipinski definition) is 1. The molecule has 0 amide bonds. The maximum Gasteiger partial charge on any atom is 0.122 e. The van der Waals surface area contributed by atoms with Crippen molar-refractivity contribution in [2.24, 2.45) is 5.73 Å². The van der Waals surface area contributed by atoms with Gasteiger partial charge in [0.1, 0.15) is 5.75 Å². The molecule has 1 aromatic rings. The highest BCUT2D eigenvalue weighted by Crippen LogP contribution is 2.19. The van der Waals surface area contributed by atoms with E-state index >= 15 is 0 Å². The van der Waals surface area contributed by atoms with E-state index in [9.17, 15) is 0 Å². The maximum atomic E-state index is 5.71. The second-order valence-electron chi connectivity index (χ2n) is 4.03. The number of hydrogen-bond acceptors (Lipinski definition) is 3. The summed E-state index contributed by atoms with van der Waals surface area (Å²) in [6, 6.07) is 5.94. The number of nitrogens with two attached hydrogens (primary N) is 1. The quantitative estimate of drug-likeness (QED) is 0.618. The van der Waals surface area contributed by atoms with Crippen LogP contribution in [0.2, 0.25) is 0 Å². The Balaban J connectivity index is 2.47. The molecule has 3 heteroatoms. The lowest BCUT2D eigenvalue weighted by molar-refractivity contribution is 0.184. The molecule has 18 heavy (non-hydrogen) atoms. The van der Waals surface area contributed by atoms with Gasteiger partial charge in [-0.15, -0.1) is 0 Å². The highest BCUT2D eigenvalue weighted by molar-refractivity contribution is 5.43. The maximum absolute atomic E-state index is 5.71. The fraction of sp³-hybridized carbons (Fsp3) is 0.467. The smallest absolute Gasteiger partial charge is 0.122 e. The number of unbranched alkanes of at least 4 members (excludes halogenated alkanes) is 1. The molecule has 0 aromatic heterocycles. The van der Waals surface area contributed by atoms with Crippen LogP contribution in [0.4, 0.5) is 0 Å². The van der Waals surface area contributed by atoms with E-state index in [1.54, 1.807) is 7.11 Å². The van der Waals surface area contributed by atoms with E-state index < -0.39 is 0 Å². The van der Waals surface area contributed by atoms with Gasteiger partial charge in [-0.3, -0.25) is 0 Å². The van der Waals surface area contributed by atoms with Crippen molar-refractivity contribution < 1.29 is 9.47 Å². The van der Waals surface area contributed by atoms with Crippen LogP contribution in [0.5, 0.6) is 5.75 Å². The van der Waals surface area contributed by atoms with Crippen molar-refractivity contribution >= 4 is 0 Å². The SMILES string of the molecule is COCCCCOc1ccc(C#CCN)cc1C. The summed E-state index contributed by atoms with van der Waals surface area (Å²) in [5.41, 5.74) is 7.42. The van der Waals surface area contributed by atoms with Gasteiger partial charge in [-0.25, -0.2) is 0 Å². The Morgan fingerprint density at radius 1 is 1.22 bits per heavy atom. The molecule has 0 unspecified atom stereocenters. The lowest BCUT2D eigenvalue weighted by Gasteiger charge is -2.09. The van der Waals surface area contributed by atoms with Gasteiger partial charge in [-0.1, -0.05) is 11.8 Å². The van der Waals surface area contributed by atoms with Gasteiger partial charge in [0.05, 0.1) is 13.2 Å². The van der Waals surface area contributed by atoms with E-state index in [0.29, 0.717) is 6.54 Å². The predicted octanol–water partition coefficient (Wildman–Crippen LogP) is 2.11. The number of rotatable bonds is 6. The Kier molecular flexibility index (Phi) is 6.93. The number of benzene rings is 1. The Labute approximate surface area is 109 Å². The van der Waals surface area contributed by atoms with Gasteiger partial charge >= 0.3 is 0 Å². The molecule has 0 aliphatic carbocycles. The van der Waals surface area contributed by atoms with Gasteiger partial charge in [0.15, 0.2) is 0 Å². The van der Waals surface area contributed by atoms with Crippen LogP contribution in [0.1, 0.15) is 24.0 Å². The molecular weight excluding hydrogens is 226 g/mol. The van der Waals surface area contributed by atoms with Gasteiger partial charge in [0.25, 0.3) is 0 Å². The first kappa shape index (κ1) is 14.6. The van der Waals surface area contributed by atoms with Crippen molar-refractivity contribution in [1.82, 2.24) is 0 Å². The highest BCUT2D eigenvalue weighted by atomic mass is 16.5. The van der Waals surface area contributed by atoms with Crippen molar-refractivity contribution in [1.29, 1.82) is 0 Å². The molecule has 0 saturated carbocycles. The van der Waals surface area contributed by atoms with Crippen LogP contribution in [-0.4, -0.2) is 26.9 Å². The van der Waals surface area contributed by atoms with Crippen molar-refractivity contribution in [2.45, 2.75) is 19.8 Å². The van der Waals surface area contributed by atoms with Crippen LogP contribution >= 0.6 is 0 Å². The van der Waals surface area contributed by atoms with Crippen LogP contribution in [-0.2, 0) is 4.74 Å². The first-order valence-corrected chi connectivity index (χ1v) is 6.19. The minimum Gasteiger partial charge on any atom is -0.493 e. The summed E-state index contributed by atoms with van der Waals surface area (Å²) in [4.78, 5) is 0. The predicted molar refractivity (Wildman–Crippen MR) is 73.7 cm³/mol. The average Bonchev–Trinajstić information content (AvgIpc) is 2.38. The standard InChI is InChI=1S/C15H21NO2/c1-13-12-14(6-5-9-16)7-8-15(13)18-11-4-3-10-17-2/h7-8,12H,3-4,9-11,16H2,1-2H3. The van der Waals surface area contributed by atoms with E-state index in [-0.39, 0.29) is 0 Å². The topological polar surface area (TPSA) is 44.5 Å². The largest absolute Gasteiger partial charge is 0.493 e. The van der Waals surface area contributed by atoms with Crippen LogP contribution in [0, 0.1) is 18.8 Å². The Hall–Kier alpha value is -1.50. The summed E-state index contributed by atoms with van der Waals surface area (Å²) in [5, 5.41) is 0. The molecule has 0 bridgehead atoms. The summed E-state index contributed by atoms with van der Waals surface area (Å²) in [5.74, 6) is 6.77. The highest BCUT2D eigenvalue weighted by Gasteiger charge is 2.00. The molecule has 3 nitrogen and oxygen atoms in total. The lowest BCUT2D eigenvalue weighted by atomic mass is 10.1. The first-order chi connectivity index (χ1) is 8.77. The summed E-state index contributed by atoms with van der Waals surface area (Å²) in [6.45, 7) is 3.92. The van der Waals surface area contributed by atoms with Crippen LogP contribution in [0.25, 0.3) is 0 Å². The van der Waals surface area contributed by atoms with Crippen molar-refractivity contribution in [3.63, 3.8) is 0 Å². The third-order valence-electron chi connectivity index (χ3n) is 2.51. The molecule has 0 heterocycles. The normalized spacial score (nSPS) is 9.72. The van der Waals surface area contributed by atoms with E-state index in [0.717, 1.165) is 42.9 Å². The molecule has 2 N–H and O–H groups in total. The summed E-state index contributed by atoms with van der Waals surface area (Å²) in [7, 11) is 1.71. The zero-order valence-electron chi connectivity index (χ0n) is 11.2. The van der Waals surface area contributed by atoms with E-state index in [1.165, 1.54) is 0 Å². The van der Waals surface area contributed by atoms with Crippen molar-refractivity contribution in [2.75, 3.05) is 26.9 Å². The first-order valence-electron chi connectivity index (χ1n) is 6.19. The molecule has 98 valence electrons. The molecule has 0 saturated heterocycles. The van der Waals surface area contributed by atoms with Gasteiger partial charge in [0.2, 0.25) is 0 Å². The lowest BCUT2D eigenvalue weighted by Crippen LogP contribution is -2.01. The Morgan fingerprint density at radius 3 is 2.67 bits per heavy atom. The second-order valence-corrected chi connectivity index (χ2v) is 4.03. The van der Waals surface area contributed by atoms with Crippen LogP contribution < -0.4 is 10.5 Å². The van der Waals surface area contributed by atoms with Crippen molar-refractivity contribution in [3.05, 3.63) is 29.3 Å². The summed E-state index contributed by atoms with van der Waals surface area (Å²) < 4.78 is 10.7. The molecule has 0 aliphatic heterocycles. The molecule has 0 atom stereocenters. The third-order valence-corrected chi connectivity index (χ3v) is 2.51. The minimum absolute atomic E-state index is 0.386. The van der Waals surface area contributed by atoms with Gasteiger partial charge in [-0.05, 0) is 43.5 Å². The molecule has 0 spiro atoms. The average molecular weight is 247 g/mol.